The van der Waals surface area contributed by atoms with Gasteiger partial charge in [0.25, 0.3) is 10.0 Å². The number of sulfonamides is 1. The molecule has 3 rings (SSSR count). The minimum absolute atomic E-state index is 0.0304. The van der Waals surface area contributed by atoms with Crippen LogP contribution < -0.4 is 14.8 Å². The lowest BCUT2D eigenvalue weighted by Gasteiger charge is -2.10. The Balaban J connectivity index is 1.70. The summed E-state index contributed by atoms with van der Waals surface area (Å²) in [7, 11) is -2.29. The van der Waals surface area contributed by atoms with E-state index in [2.05, 4.69) is 20.0 Å². The van der Waals surface area contributed by atoms with Gasteiger partial charge in [-0.15, -0.1) is 0 Å². The molecular weight excluding hydrogens is 428 g/mol. The average molecular weight is 453 g/mol. The fourth-order valence-corrected chi connectivity index (χ4v) is 3.55. The van der Waals surface area contributed by atoms with Gasteiger partial charge in [0.2, 0.25) is 11.9 Å². The zero-order chi connectivity index (χ0) is 23.1. The molecule has 1 heterocycles. The second kappa shape index (κ2) is 10.1. The van der Waals surface area contributed by atoms with Gasteiger partial charge in [-0.05, 0) is 54.1 Å². The molecular formula is C23H24N4O4S. The third-order valence-corrected chi connectivity index (χ3v) is 5.77. The number of carbonyl (C=O) groups is 1. The number of methoxy groups -OCH3 is 1. The Morgan fingerprint density at radius 3 is 2.31 bits per heavy atom. The Bertz CT molecular complexity index is 1210. The monoisotopic (exact) mass is 452 g/mol. The van der Waals surface area contributed by atoms with Gasteiger partial charge in [-0.3, -0.25) is 4.79 Å². The number of carbonyl (C=O) groups excluding carboxylic acids is 1. The van der Waals surface area contributed by atoms with Gasteiger partial charge in [-0.2, -0.15) is 0 Å². The fourth-order valence-electron chi connectivity index (χ4n) is 2.59. The summed E-state index contributed by atoms with van der Waals surface area (Å²) >= 11 is 0. The number of anilines is 2. The SMILES string of the molecule is COc1ccc(/C=C/c2ccnc(NS(=O)(=O)c3ccc(NC(=O)C(C)C)cc3)n2)cc1. The average Bonchev–Trinajstić information content (AvgIpc) is 2.78. The molecule has 0 unspecified atom stereocenters. The molecule has 0 aliphatic carbocycles. The Morgan fingerprint density at radius 2 is 1.69 bits per heavy atom. The topological polar surface area (TPSA) is 110 Å². The summed E-state index contributed by atoms with van der Waals surface area (Å²) in [6, 6.07) is 15.0. The Kier molecular flexibility index (Phi) is 7.21. The van der Waals surface area contributed by atoms with Crippen molar-refractivity contribution in [3.63, 3.8) is 0 Å². The van der Waals surface area contributed by atoms with Crippen molar-refractivity contribution in [2.75, 3.05) is 17.1 Å². The number of amides is 1. The molecule has 166 valence electrons. The van der Waals surface area contributed by atoms with Crippen molar-refractivity contribution >= 4 is 39.7 Å². The van der Waals surface area contributed by atoms with Gasteiger partial charge in [0.15, 0.2) is 0 Å². The molecule has 1 amide bonds. The van der Waals surface area contributed by atoms with Crippen LogP contribution >= 0.6 is 0 Å². The van der Waals surface area contributed by atoms with Crippen molar-refractivity contribution in [2.24, 2.45) is 5.92 Å². The van der Waals surface area contributed by atoms with E-state index in [4.69, 9.17) is 4.74 Å². The second-order valence-electron chi connectivity index (χ2n) is 7.19. The summed E-state index contributed by atoms with van der Waals surface area (Å²) in [5.74, 6) is 0.394. The zero-order valence-corrected chi connectivity index (χ0v) is 18.8. The van der Waals surface area contributed by atoms with E-state index in [0.717, 1.165) is 11.3 Å². The van der Waals surface area contributed by atoms with E-state index in [1.165, 1.54) is 30.5 Å². The summed E-state index contributed by atoms with van der Waals surface area (Å²) in [5.41, 5.74) is 2.00. The molecule has 0 radical (unpaired) electrons. The Morgan fingerprint density at radius 1 is 1.00 bits per heavy atom. The van der Waals surface area contributed by atoms with E-state index < -0.39 is 10.0 Å². The van der Waals surface area contributed by atoms with E-state index >= 15 is 0 Å². The first-order valence-corrected chi connectivity index (χ1v) is 11.3. The van der Waals surface area contributed by atoms with Gasteiger partial charge in [-0.25, -0.2) is 23.1 Å². The molecule has 0 fully saturated rings. The highest BCUT2D eigenvalue weighted by atomic mass is 32.2. The minimum atomic E-state index is -3.89. The smallest absolute Gasteiger partial charge is 0.264 e. The summed E-state index contributed by atoms with van der Waals surface area (Å²) in [6.07, 6.45) is 5.08. The molecule has 32 heavy (non-hydrogen) atoms. The molecule has 8 nitrogen and oxygen atoms in total. The van der Waals surface area contributed by atoms with Gasteiger partial charge in [0.05, 0.1) is 17.7 Å². The normalized spacial score (nSPS) is 11.5. The van der Waals surface area contributed by atoms with Crippen LogP contribution in [0.5, 0.6) is 5.75 Å². The summed E-state index contributed by atoms with van der Waals surface area (Å²) < 4.78 is 32.9. The zero-order valence-electron chi connectivity index (χ0n) is 17.9. The predicted octanol–water partition coefficient (Wildman–Crippen LogP) is 4.05. The summed E-state index contributed by atoms with van der Waals surface area (Å²) in [5, 5.41) is 2.72. The maximum absolute atomic E-state index is 12.7. The molecule has 0 spiro atoms. The van der Waals surface area contributed by atoms with Crippen molar-refractivity contribution in [1.82, 2.24) is 9.97 Å². The molecule has 3 aromatic rings. The van der Waals surface area contributed by atoms with Crippen LogP contribution in [0.2, 0.25) is 0 Å². The van der Waals surface area contributed by atoms with Crippen LogP contribution in [-0.4, -0.2) is 31.4 Å². The first-order chi connectivity index (χ1) is 15.3. The largest absolute Gasteiger partial charge is 0.497 e. The summed E-state index contributed by atoms with van der Waals surface area (Å²) in [6.45, 7) is 3.55. The van der Waals surface area contributed by atoms with Gasteiger partial charge < -0.3 is 10.1 Å². The van der Waals surface area contributed by atoms with Crippen LogP contribution in [0.3, 0.4) is 0 Å². The Hall–Kier alpha value is -3.72. The summed E-state index contributed by atoms with van der Waals surface area (Å²) in [4.78, 5) is 20.0. The second-order valence-corrected chi connectivity index (χ2v) is 8.87. The third-order valence-electron chi connectivity index (χ3n) is 4.42. The molecule has 0 bridgehead atoms. The maximum Gasteiger partial charge on any atom is 0.264 e. The van der Waals surface area contributed by atoms with Gasteiger partial charge in [-0.1, -0.05) is 32.1 Å². The number of hydrogen-bond donors (Lipinski definition) is 2. The van der Waals surface area contributed by atoms with E-state index in [1.54, 1.807) is 33.1 Å². The molecule has 2 aromatic carbocycles. The molecule has 0 saturated carbocycles. The van der Waals surface area contributed by atoms with Crippen LogP contribution in [0, 0.1) is 5.92 Å². The van der Waals surface area contributed by atoms with Crippen LogP contribution in [0.25, 0.3) is 12.2 Å². The number of rotatable bonds is 8. The number of hydrogen-bond acceptors (Lipinski definition) is 6. The van der Waals surface area contributed by atoms with Gasteiger partial charge >= 0.3 is 0 Å². The molecule has 0 aliphatic heterocycles. The quantitative estimate of drug-likeness (QED) is 0.533. The fraction of sp³-hybridized carbons (Fsp3) is 0.174. The number of aromatic nitrogens is 2. The van der Waals surface area contributed by atoms with Crippen molar-refractivity contribution in [1.29, 1.82) is 0 Å². The van der Waals surface area contributed by atoms with E-state index in [1.807, 2.05) is 30.3 Å². The molecule has 9 heteroatoms. The van der Waals surface area contributed by atoms with Crippen molar-refractivity contribution in [3.8, 4) is 5.75 Å². The van der Waals surface area contributed by atoms with Crippen LogP contribution in [0.4, 0.5) is 11.6 Å². The molecule has 2 N–H and O–H groups in total. The van der Waals surface area contributed by atoms with Gasteiger partial charge in [0, 0.05) is 17.8 Å². The molecule has 0 atom stereocenters. The predicted molar refractivity (Wildman–Crippen MR) is 125 cm³/mol. The lowest BCUT2D eigenvalue weighted by Crippen LogP contribution is -2.18. The number of benzene rings is 2. The minimum Gasteiger partial charge on any atom is -0.497 e. The maximum atomic E-state index is 12.7. The highest BCUT2D eigenvalue weighted by Gasteiger charge is 2.16. The van der Waals surface area contributed by atoms with Crippen molar-refractivity contribution in [3.05, 3.63) is 72.1 Å². The lowest BCUT2D eigenvalue weighted by molar-refractivity contribution is -0.118. The Labute approximate surface area is 187 Å². The molecule has 1 aromatic heterocycles. The highest BCUT2D eigenvalue weighted by molar-refractivity contribution is 7.92. The number of nitrogens with one attached hydrogen (secondary N) is 2. The number of nitrogens with zero attached hydrogens (tertiary/aromatic N) is 2. The number of ether oxygens (including phenoxy) is 1. The van der Waals surface area contributed by atoms with Crippen LogP contribution in [0.15, 0.2) is 65.7 Å². The van der Waals surface area contributed by atoms with E-state index in [-0.39, 0.29) is 22.7 Å². The van der Waals surface area contributed by atoms with Crippen molar-refractivity contribution < 1.29 is 17.9 Å². The lowest BCUT2D eigenvalue weighted by atomic mass is 10.2. The van der Waals surface area contributed by atoms with E-state index in [0.29, 0.717) is 11.4 Å². The third kappa shape index (κ3) is 6.14. The first kappa shape index (κ1) is 23.0. The van der Waals surface area contributed by atoms with Crippen LogP contribution in [-0.2, 0) is 14.8 Å². The standard InChI is InChI=1S/C23H24N4O4S/c1-16(2)22(28)25-18-8-12-21(13-9-18)32(29,30)27-23-24-15-14-19(26-23)7-4-17-5-10-20(31-3)11-6-17/h4-16H,1-3H3,(H,25,28)(H,24,26,27)/b7-4+. The van der Waals surface area contributed by atoms with Gasteiger partial charge in [0.1, 0.15) is 5.75 Å². The molecule has 0 aliphatic rings. The molecule has 0 saturated heterocycles. The first-order valence-electron chi connectivity index (χ1n) is 9.86. The van der Waals surface area contributed by atoms with Crippen LogP contribution in [0.1, 0.15) is 25.1 Å². The highest BCUT2D eigenvalue weighted by Crippen LogP contribution is 2.18. The van der Waals surface area contributed by atoms with E-state index in [9.17, 15) is 13.2 Å². The van der Waals surface area contributed by atoms with Crippen molar-refractivity contribution in [2.45, 2.75) is 18.7 Å².